The van der Waals surface area contributed by atoms with Gasteiger partial charge < -0.3 is 15.5 Å². The van der Waals surface area contributed by atoms with Crippen molar-refractivity contribution in [1.82, 2.24) is 45.9 Å². The molecule has 2 aliphatic rings. The van der Waals surface area contributed by atoms with Gasteiger partial charge in [0.25, 0.3) is 0 Å². The van der Waals surface area contributed by atoms with E-state index in [1.54, 1.807) is 62.7 Å². The summed E-state index contributed by atoms with van der Waals surface area (Å²) in [4.78, 5) is 15.1. The van der Waals surface area contributed by atoms with Crippen molar-refractivity contribution in [2.24, 2.45) is 16.1 Å². The van der Waals surface area contributed by atoms with Crippen LogP contribution in [0.1, 0.15) is 53.2 Å². The van der Waals surface area contributed by atoms with Crippen molar-refractivity contribution in [3.63, 3.8) is 0 Å². The molecular formula is C29H27N11O3. The van der Waals surface area contributed by atoms with Crippen LogP contribution in [0, 0.1) is 19.8 Å². The van der Waals surface area contributed by atoms with Gasteiger partial charge in [-0.2, -0.15) is 10.2 Å². The third-order valence-electron chi connectivity index (χ3n) is 6.92. The molecule has 14 heteroatoms. The summed E-state index contributed by atoms with van der Waals surface area (Å²) in [6, 6.07) is 10.1. The highest BCUT2D eigenvalue weighted by atomic mass is 16.3. The van der Waals surface area contributed by atoms with Crippen LogP contribution < -0.4 is 5.32 Å². The lowest BCUT2D eigenvalue weighted by Crippen LogP contribution is -2.24. The minimum Gasteiger partial charge on any atom is -0.507 e. The number of allylic oxidation sites excluding steroid dienone is 4. The lowest BCUT2D eigenvalue weighted by Gasteiger charge is -2.19. The molecule has 6 rings (SSSR count). The Morgan fingerprint density at radius 2 is 1.47 bits per heavy atom. The molecule has 14 nitrogen and oxygen atoms in total. The van der Waals surface area contributed by atoms with E-state index in [2.05, 4.69) is 46.6 Å². The molecule has 2 aromatic carbocycles. The predicted molar refractivity (Wildman–Crippen MR) is 156 cm³/mol. The molecule has 0 unspecified atom stereocenters. The van der Waals surface area contributed by atoms with Crippen molar-refractivity contribution in [3.05, 3.63) is 99.8 Å². The van der Waals surface area contributed by atoms with Crippen molar-refractivity contribution in [3.8, 4) is 11.5 Å². The van der Waals surface area contributed by atoms with E-state index in [9.17, 15) is 15.0 Å². The van der Waals surface area contributed by atoms with Crippen molar-refractivity contribution in [2.75, 3.05) is 0 Å². The van der Waals surface area contributed by atoms with Crippen LogP contribution in [-0.2, 0) is 4.79 Å². The number of carbonyl (C=O) groups is 1. The zero-order valence-corrected chi connectivity index (χ0v) is 23.3. The van der Waals surface area contributed by atoms with Crippen molar-refractivity contribution in [1.29, 1.82) is 0 Å². The minimum absolute atomic E-state index is 0.00689. The first-order chi connectivity index (χ1) is 20.9. The number of aryl methyl sites for hydroxylation is 2. The van der Waals surface area contributed by atoms with Crippen LogP contribution >= 0.6 is 0 Å². The average molecular weight is 578 g/mol. The smallest absolute Gasteiger partial charge is 0.227 e. The maximum Gasteiger partial charge on any atom is 0.227 e. The van der Waals surface area contributed by atoms with Gasteiger partial charge in [-0.25, -0.2) is 0 Å². The quantitative estimate of drug-likeness (QED) is 0.265. The van der Waals surface area contributed by atoms with Gasteiger partial charge >= 0.3 is 0 Å². The summed E-state index contributed by atoms with van der Waals surface area (Å²) in [6.07, 6.45) is 11.1. The molecule has 0 atom stereocenters. The molecule has 0 bridgehead atoms. The van der Waals surface area contributed by atoms with E-state index < -0.39 is 0 Å². The lowest BCUT2D eigenvalue weighted by molar-refractivity contribution is -0.121. The van der Waals surface area contributed by atoms with Crippen LogP contribution in [0.5, 0.6) is 11.5 Å². The van der Waals surface area contributed by atoms with E-state index in [0.29, 0.717) is 51.6 Å². The second-order valence-corrected chi connectivity index (χ2v) is 10.1. The van der Waals surface area contributed by atoms with E-state index in [1.165, 1.54) is 9.58 Å². The third-order valence-corrected chi connectivity index (χ3v) is 6.92. The number of nitrogens with one attached hydrogen (secondary N) is 1. The number of benzene rings is 2. The second-order valence-electron chi connectivity index (χ2n) is 10.1. The van der Waals surface area contributed by atoms with Gasteiger partial charge in [0.1, 0.15) is 11.5 Å². The third kappa shape index (κ3) is 6.12. The molecule has 3 N–H and O–H groups in total. The maximum absolute atomic E-state index is 12.5. The number of aromatic hydroxyl groups is 2. The number of aromatic nitrogens is 8. The SMILES string of the molecule is Cc1nnnn1/N=C/c1ccc(O)c(C(=C2C=C(NC(=O)C3CC3)C=CC2)c2cc(/C=N/n3nnnc3C)ccc2O)c1. The summed E-state index contributed by atoms with van der Waals surface area (Å²) in [7, 11) is 0. The zero-order chi connectivity index (χ0) is 29.9. The Labute approximate surface area is 245 Å². The van der Waals surface area contributed by atoms with E-state index in [4.69, 9.17) is 0 Å². The summed E-state index contributed by atoms with van der Waals surface area (Å²) >= 11 is 0. The molecule has 0 spiro atoms. The first-order valence-corrected chi connectivity index (χ1v) is 13.5. The Morgan fingerprint density at radius 1 is 0.907 bits per heavy atom. The van der Waals surface area contributed by atoms with Crippen LogP contribution in [-0.4, -0.2) is 69.2 Å². The highest BCUT2D eigenvalue weighted by Crippen LogP contribution is 2.40. The summed E-state index contributed by atoms with van der Waals surface area (Å²) in [5, 5.41) is 56.4. The Morgan fingerprint density at radius 3 is 1.95 bits per heavy atom. The fraction of sp³-hybridized carbons (Fsp3) is 0.207. The molecule has 2 aromatic heterocycles. The number of phenols is 2. The van der Waals surface area contributed by atoms with E-state index in [-0.39, 0.29) is 23.3 Å². The summed E-state index contributed by atoms with van der Waals surface area (Å²) in [5.41, 5.74) is 4.19. The number of hydrogen-bond donors (Lipinski definition) is 3. The number of tetrazole rings is 2. The standard InChI is InChI=1S/C29H27N11O3/c1-17-33-35-37-39(17)30-15-19-6-10-26(41)24(12-19)28(22-4-3-5-23(14-22)32-29(43)21-8-9-21)25-13-20(7-11-27(25)42)16-31-40-18(2)34-36-38-40/h3,5-7,10-16,21,41-42H,4,8-9H2,1-2H3,(H,32,43)/b30-15+,31-16+. The van der Waals surface area contributed by atoms with Gasteiger partial charge in [-0.15, -0.1) is 19.8 Å². The summed E-state index contributed by atoms with van der Waals surface area (Å²) < 4.78 is 0. The van der Waals surface area contributed by atoms with Crippen LogP contribution in [0.15, 0.2) is 76.1 Å². The fourth-order valence-corrected chi connectivity index (χ4v) is 4.52. The van der Waals surface area contributed by atoms with Gasteiger partial charge in [-0.3, -0.25) is 4.79 Å². The molecule has 0 radical (unpaired) electrons. The molecule has 2 aliphatic carbocycles. The van der Waals surface area contributed by atoms with Crippen molar-refractivity contribution < 1.29 is 15.0 Å². The first-order valence-electron chi connectivity index (χ1n) is 13.5. The van der Waals surface area contributed by atoms with Crippen LogP contribution in [0.3, 0.4) is 0 Å². The predicted octanol–water partition coefficient (Wildman–Crippen LogP) is 2.62. The Bertz CT molecular complexity index is 1760. The average Bonchev–Trinajstić information content (AvgIpc) is 3.66. The highest BCUT2D eigenvalue weighted by molar-refractivity contribution is 5.93. The Kier molecular flexibility index (Phi) is 7.39. The molecule has 1 amide bonds. The molecule has 0 aliphatic heterocycles. The molecular weight excluding hydrogens is 550 g/mol. The topological polar surface area (TPSA) is 181 Å². The normalized spacial score (nSPS) is 14.9. The Hall–Kier alpha value is -5.79. The van der Waals surface area contributed by atoms with E-state index in [1.807, 2.05) is 18.2 Å². The van der Waals surface area contributed by atoms with Crippen molar-refractivity contribution >= 4 is 23.9 Å². The zero-order valence-electron chi connectivity index (χ0n) is 23.3. The molecule has 1 fully saturated rings. The largest absolute Gasteiger partial charge is 0.507 e. The molecule has 0 saturated heterocycles. The van der Waals surface area contributed by atoms with Crippen molar-refractivity contribution in [2.45, 2.75) is 33.1 Å². The summed E-state index contributed by atoms with van der Waals surface area (Å²) in [5.74, 6) is 1.03. The Balaban J connectivity index is 1.47. The molecule has 4 aromatic rings. The van der Waals surface area contributed by atoms with Crippen LogP contribution in [0.4, 0.5) is 0 Å². The van der Waals surface area contributed by atoms with Gasteiger partial charge in [0.05, 0.1) is 12.4 Å². The van der Waals surface area contributed by atoms with Gasteiger partial charge in [0.2, 0.25) is 5.91 Å². The lowest BCUT2D eigenvalue weighted by atomic mass is 9.87. The van der Waals surface area contributed by atoms with Crippen LogP contribution in [0.2, 0.25) is 0 Å². The molecule has 216 valence electrons. The number of amides is 1. The van der Waals surface area contributed by atoms with Gasteiger partial charge in [-0.05, 0) is 125 Å². The maximum atomic E-state index is 12.5. The number of carbonyl (C=O) groups excluding carboxylic acids is 1. The number of phenolic OH excluding ortho intramolecular Hbond substituents is 2. The van der Waals surface area contributed by atoms with E-state index >= 15 is 0 Å². The first kappa shape index (κ1) is 27.4. The van der Waals surface area contributed by atoms with Gasteiger partial charge in [0, 0.05) is 22.7 Å². The fourth-order valence-electron chi connectivity index (χ4n) is 4.52. The molecule has 43 heavy (non-hydrogen) atoms. The van der Waals surface area contributed by atoms with Gasteiger partial charge in [0.15, 0.2) is 11.6 Å². The number of hydrogen-bond acceptors (Lipinski definition) is 11. The number of rotatable bonds is 8. The number of nitrogens with zero attached hydrogens (tertiary/aromatic N) is 10. The van der Waals surface area contributed by atoms with E-state index in [0.717, 1.165) is 18.4 Å². The second kappa shape index (κ2) is 11.6. The molecule has 2 heterocycles. The minimum atomic E-state index is -0.0170. The summed E-state index contributed by atoms with van der Waals surface area (Å²) in [6.45, 7) is 3.45. The molecule has 1 saturated carbocycles. The monoisotopic (exact) mass is 577 g/mol. The van der Waals surface area contributed by atoms with Crippen LogP contribution in [0.25, 0.3) is 5.57 Å². The van der Waals surface area contributed by atoms with Gasteiger partial charge in [-0.1, -0.05) is 6.08 Å². The highest BCUT2D eigenvalue weighted by Gasteiger charge is 2.30.